The van der Waals surface area contributed by atoms with Crippen molar-refractivity contribution in [1.82, 2.24) is 4.90 Å². The van der Waals surface area contributed by atoms with E-state index < -0.39 is 18.0 Å². The molecule has 1 aliphatic carbocycles. The molecule has 0 spiro atoms. The monoisotopic (exact) mass is 379 g/mol. The number of aliphatic hydroxyl groups is 1. The molecule has 1 aromatic carbocycles. The number of carboxylic acids is 1. The molecule has 26 heavy (non-hydrogen) atoms. The third kappa shape index (κ3) is 4.04. The number of carboxylic acid groups (broad SMARTS) is 1. The largest absolute Gasteiger partial charge is 0.481 e. The van der Waals surface area contributed by atoms with Gasteiger partial charge in [-0.25, -0.2) is 0 Å². The molecule has 1 amide bonds. The van der Waals surface area contributed by atoms with E-state index in [9.17, 15) is 14.7 Å². The molecule has 4 atom stereocenters. The minimum Gasteiger partial charge on any atom is -0.481 e. The molecule has 0 aromatic heterocycles. The van der Waals surface area contributed by atoms with Crippen LogP contribution in [0.2, 0.25) is 5.02 Å². The van der Waals surface area contributed by atoms with Crippen LogP contribution in [0.15, 0.2) is 24.3 Å². The minimum atomic E-state index is -0.952. The Kier molecular flexibility index (Phi) is 5.88. The summed E-state index contributed by atoms with van der Waals surface area (Å²) in [6.45, 7) is 1.92. The molecular formula is C20H26ClNO4. The average molecular weight is 380 g/mol. The zero-order valence-corrected chi connectivity index (χ0v) is 15.7. The van der Waals surface area contributed by atoms with E-state index in [2.05, 4.69) is 0 Å². The van der Waals surface area contributed by atoms with Crippen LogP contribution in [0.4, 0.5) is 0 Å². The highest BCUT2D eigenvalue weighted by Gasteiger charge is 2.47. The van der Waals surface area contributed by atoms with Gasteiger partial charge < -0.3 is 15.1 Å². The van der Waals surface area contributed by atoms with Crippen molar-refractivity contribution in [3.8, 4) is 0 Å². The van der Waals surface area contributed by atoms with Crippen molar-refractivity contribution >= 4 is 23.5 Å². The van der Waals surface area contributed by atoms with E-state index in [1.54, 1.807) is 0 Å². The van der Waals surface area contributed by atoms with Crippen LogP contribution in [0.1, 0.15) is 57.1 Å². The fourth-order valence-electron chi connectivity index (χ4n) is 4.16. The van der Waals surface area contributed by atoms with Gasteiger partial charge in [0, 0.05) is 10.9 Å². The molecule has 6 heteroatoms. The molecule has 2 fully saturated rings. The number of carbonyl (C=O) groups excluding carboxylic acids is 1. The van der Waals surface area contributed by atoms with Crippen LogP contribution < -0.4 is 0 Å². The molecule has 2 N–H and O–H groups in total. The predicted octanol–water partition coefficient (Wildman–Crippen LogP) is 3.64. The second-order valence-electron chi connectivity index (χ2n) is 7.49. The smallest absolute Gasteiger partial charge is 0.304 e. The Morgan fingerprint density at radius 2 is 1.88 bits per heavy atom. The van der Waals surface area contributed by atoms with E-state index in [0.717, 1.165) is 18.4 Å². The molecule has 1 saturated carbocycles. The number of hydrogen-bond donors (Lipinski definition) is 2. The Morgan fingerprint density at radius 3 is 2.42 bits per heavy atom. The Hall–Kier alpha value is -1.59. The van der Waals surface area contributed by atoms with Gasteiger partial charge in [-0.1, -0.05) is 30.7 Å². The number of piperidine rings is 1. The van der Waals surface area contributed by atoms with Crippen LogP contribution in [-0.4, -0.2) is 39.1 Å². The molecule has 0 radical (unpaired) electrons. The van der Waals surface area contributed by atoms with Gasteiger partial charge in [0.2, 0.25) is 5.91 Å². The molecule has 1 heterocycles. The zero-order chi connectivity index (χ0) is 18.8. The number of likely N-dealkylation sites (tertiary alicyclic amines) is 1. The van der Waals surface area contributed by atoms with E-state index in [4.69, 9.17) is 16.7 Å². The summed E-state index contributed by atoms with van der Waals surface area (Å²) in [4.78, 5) is 26.2. The molecule has 1 aliphatic heterocycles. The number of benzene rings is 1. The van der Waals surface area contributed by atoms with E-state index in [1.165, 1.54) is 0 Å². The summed E-state index contributed by atoms with van der Waals surface area (Å²) in [6.07, 6.45) is 3.08. The Bertz CT molecular complexity index is 658. The van der Waals surface area contributed by atoms with Gasteiger partial charge in [-0.05, 0) is 55.7 Å². The Labute approximate surface area is 159 Å². The van der Waals surface area contributed by atoms with Crippen molar-refractivity contribution in [1.29, 1.82) is 0 Å². The lowest BCUT2D eigenvalue weighted by atomic mass is 9.83. The number of rotatable bonds is 7. The average Bonchev–Trinajstić information content (AvgIpc) is 3.43. The minimum absolute atomic E-state index is 0.136. The van der Waals surface area contributed by atoms with Gasteiger partial charge in [-0.3, -0.25) is 9.59 Å². The van der Waals surface area contributed by atoms with Gasteiger partial charge in [0.15, 0.2) is 0 Å². The van der Waals surface area contributed by atoms with Gasteiger partial charge in [-0.15, -0.1) is 0 Å². The van der Waals surface area contributed by atoms with Crippen molar-refractivity contribution in [3.05, 3.63) is 34.9 Å². The normalized spacial score (nSPS) is 25.8. The maximum Gasteiger partial charge on any atom is 0.304 e. The van der Waals surface area contributed by atoms with E-state index in [0.29, 0.717) is 30.2 Å². The van der Waals surface area contributed by atoms with E-state index in [1.807, 2.05) is 36.1 Å². The highest BCUT2D eigenvalue weighted by Crippen LogP contribution is 2.45. The first-order valence-electron chi connectivity index (χ1n) is 9.39. The maximum absolute atomic E-state index is 13.2. The SMILES string of the molecule is CCC(O)C(C1CC1)N1C(=O)C(CC(=O)O)CC[C@H]1c1ccc(Cl)cc1. The summed E-state index contributed by atoms with van der Waals surface area (Å²) >= 11 is 6.01. The van der Waals surface area contributed by atoms with Crippen LogP contribution in [0.3, 0.4) is 0 Å². The summed E-state index contributed by atoms with van der Waals surface area (Å²) in [5.74, 6) is -1.30. The summed E-state index contributed by atoms with van der Waals surface area (Å²) < 4.78 is 0. The topological polar surface area (TPSA) is 77.8 Å². The predicted molar refractivity (Wildman–Crippen MR) is 98.8 cm³/mol. The Balaban J connectivity index is 1.95. The number of carbonyl (C=O) groups is 2. The summed E-state index contributed by atoms with van der Waals surface area (Å²) in [6, 6.07) is 7.08. The molecule has 1 saturated heterocycles. The highest BCUT2D eigenvalue weighted by atomic mass is 35.5. The quantitative estimate of drug-likeness (QED) is 0.758. The third-order valence-electron chi connectivity index (χ3n) is 5.64. The van der Waals surface area contributed by atoms with E-state index >= 15 is 0 Å². The number of halogens is 1. The van der Waals surface area contributed by atoms with Gasteiger partial charge in [0.1, 0.15) is 0 Å². The third-order valence-corrected chi connectivity index (χ3v) is 5.89. The van der Waals surface area contributed by atoms with Crippen molar-refractivity contribution in [2.24, 2.45) is 11.8 Å². The number of amides is 1. The van der Waals surface area contributed by atoms with Gasteiger partial charge in [0.25, 0.3) is 0 Å². The van der Waals surface area contributed by atoms with Crippen molar-refractivity contribution < 1.29 is 19.8 Å². The number of nitrogens with zero attached hydrogens (tertiary/aromatic N) is 1. The lowest BCUT2D eigenvalue weighted by molar-refractivity contribution is -0.154. The fourth-order valence-corrected chi connectivity index (χ4v) is 4.28. The summed E-state index contributed by atoms with van der Waals surface area (Å²) in [5.41, 5.74) is 0.991. The fraction of sp³-hybridized carbons (Fsp3) is 0.600. The molecule has 3 rings (SSSR count). The zero-order valence-electron chi connectivity index (χ0n) is 15.0. The molecule has 5 nitrogen and oxygen atoms in total. The first kappa shape index (κ1) is 19.2. The van der Waals surface area contributed by atoms with Gasteiger partial charge >= 0.3 is 5.97 Å². The Morgan fingerprint density at radius 1 is 1.23 bits per heavy atom. The second-order valence-corrected chi connectivity index (χ2v) is 7.93. The maximum atomic E-state index is 13.2. The molecule has 1 aromatic rings. The van der Waals surface area contributed by atoms with Crippen LogP contribution >= 0.6 is 11.6 Å². The van der Waals surface area contributed by atoms with Crippen molar-refractivity contribution in [3.63, 3.8) is 0 Å². The lowest BCUT2D eigenvalue weighted by Gasteiger charge is -2.45. The number of aliphatic carboxylic acids is 1. The van der Waals surface area contributed by atoms with Crippen LogP contribution in [-0.2, 0) is 9.59 Å². The molecule has 3 unspecified atom stereocenters. The van der Waals surface area contributed by atoms with Crippen LogP contribution in [0.25, 0.3) is 0 Å². The van der Waals surface area contributed by atoms with Gasteiger partial charge in [0.05, 0.1) is 24.6 Å². The number of aliphatic hydroxyl groups excluding tert-OH is 1. The lowest BCUT2D eigenvalue weighted by Crippen LogP contribution is -2.54. The molecule has 142 valence electrons. The van der Waals surface area contributed by atoms with E-state index in [-0.39, 0.29) is 24.4 Å². The van der Waals surface area contributed by atoms with Crippen molar-refractivity contribution in [2.45, 2.75) is 63.6 Å². The molecular weight excluding hydrogens is 354 g/mol. The summed E-state index contributed by atoms with van der Waals surface area (Å²) in [7, 11) is 0. The van der Waals surface area contributed by atoms with Crippen LogP contribution in [0.5, 0.6) is 0 Å². The first-order valence-corrected chi connectivity index (χ1v) is 9.77. The molecule has 2 aliphatic rings. The van der Waals surface area contributed by atoms with Crippen molar-refractivity contribution in [2.75, 3.05) is 0 Å². The highest BCUT2D eigenvalue weighted by molar-refractivity contribution is 6.30. The summed E-state index contributed by atoms with van der Waals surface area (Å²) in [5, 5.41) is 20.4. The molecule has 0 bridgehead atoms. The standard InChI is InChI=1S/C20H26ClNO4/c1-2-17(23)19(13-3-4-13)22-16(12-5-8-15(21)9-6-12)10-7-14(20(22)26)11-18(24)25/h5-6,8-9,13-14,16-17,19,23H,2-4,7,10-11H2,1H3,(H,24,25)/t14?,16-,17?,19?/m0/s1. The second kappa shape index (κ2) is 7.97. The van der Waals surface area contributed by atoms with Gasteiger partial charge in [-0.2, -0.15) is 0 Å². The number of hydrogen-bond acceptors (Lipinski definition) is 3. The van der Waals surface area contributed by atoms with Crippen LogP contribution in [0, 0.1) is 11.8 Å². The first-order chi connectivity index (χ1) is 12.4.